The summed E-state index contributed by atoms with van der Waals surface area (Å²) in [6.45, 7) is 5.52. The zero-order valence-electron chi connectivity index (χ0n) is 17.7. The normalized spacial score (nSPS) is 12.4. The van der Waals surface area contributed by atoms with Gasteiger partial charge in [0.2, 0.25) is 15.7 Å². The van der Waals surface area contributed by atoms with Crippen LogP contribution in [0.4, 0.5) is 5.69 Å². The fourth-order valence-electron chi connectivity index (χ4n) is 2.86. The highest BCUT2D eigenvalue weighted by Crippen LogP contribution is 2.26. The minimum absolute atomic E-state index is 0.0125. The molecule has 10 heteroatoms. The number of hydrogen-bond acceptors (Lipinski definition) is 6. The number of halogens is 1. The summed E-state index contributed by atoms with van der Waals surface area (Å²) in [5.74, 6) is -0.276. The number of rotatable bonds is 7. The third kappa shape index (κ3) is 5.40. The van der Waals surface area contributed by atoms with E-state index < -0.39 is 25.5 Å². The molecule has 0 fully saturated rings. The van der Waals surface area contributed by atoms with Crippen LogP contribution in [0.5, 0.6) is 0 Å². The van der Waals surface area contributed by atoms with Crippen LogP contribution in [0, 0.1) is 13.8 Å². The second-order valence-electron chi connectivity index (χ2n) is 7.16. The van der Waals surface area contributed by atoms with E-state index in [2.05, 4.69) is 15.3 Å². The average Bonchev–Trinajstić information content (AvgIpc) is 2.74. The number of aromatic amines is 1. The molecule has 3 aromatic rings. The number of sulfone groups is 1. The van der Waals surface area contributed by atoms with Gasteiger partial charge in [-0.1, -0.05) is 54.0 Å². The Balaban J connectivity index is 1.80. The quantitative estimate of drug-likeness (QED) is 0.375. The lowest BCUT2D eigenvalue weighted by Gasteiger charge is -2.15. The predicted octanol–water partition coefficient (Wildman–Crippen LogP) is 4.38. The standard InChI is InChI=1S/C22H22ClN3O4S2/c1-4-18(20(27)25-17-11-15(23)8-7-14(17)3)31-22-24-12-19(21(28)26-22)32(29,30)16-9-5-13(2)6-10-16/h5-12,18H,4H2,1-3H3,(H,25,27)(H,24,26,28). The Bertz CT molecular complexity index is 1310. The first-order valence-electron chi connectivity index (χ1n) is 9.76. The van der Waals surface area contributed by atoms with Gasteiger partial charge in [-0.05, 0) is 50.1 Å². The lowest BCUT2D eigenvalue weighted by molar-refractivity contribution is -0.115. The van der Waals surface area contributed by atoms with Crippen LogP contribution in [-0.2, 0) is 14.6 Å². The van der Waals surface area contributed by atoms with E-state index in [0.29, 0.717) is 17.1 Å². The maximum Gasteiger partial charge on any atom is 0.270 e. The van der Waals surface area contributed by atoms with Crippen molar-refractivity contribution >= 4 is 44.8 Å². The number of hydrogen-bond donors (Lipinski definition) is 2. The molecule has 7 nitrogen and oxygen atoms in total. The molecule has 1 atom stereocenters. The van der Waals surface area contributed by atoms with Crippen LogP contribution < -0.4 is 10.9 Å². The van der Waals surface area contributed by atoms with E-state index in [1.54, 1.807) is 30.3 Å². The summed E-state index contributed by atoms with van der Waals surface area (Å²) in [5.41, 5.74) is 1.57. The zero-order chi connectivity index (χ0) is 23.5. The molecular weight excluding hydrogens is 470 g/mol. The Labute approximate surface area is 195 Å². The Hall–Kier alpha value is -2.62. The number of carbonyl (C=O) groups is 1. The third-order valence-corrected chi connectivity index (χ3v) is 8.00. The smallest absolute Gasteiger partial charge is 0.270 e. The number of amides is 1. The van der Waals surface area contributed by atoms with Crippen LogP contribution >= 0.6 is 23.4 Å². The van der Waals surface area contributed by atoms with Gasteiger partial charge in [0.15, 0.2) is 10.1 Å². The van der Waals surface area contributed by atoms with Crippen molar-refractivity contribution in [2.24, 2.45) is 0 Å². The topological polar surface area (TPSA) is 109 Å². The van der Waals surface area contributed by atoms with Gasteiger partial charge in [-0.2, -0.15) is 0 Å². The number of carbonyl (C=O) groups excluding carboxylic acids is 1. The van der Waals surface area contributed by atoms with Crippen LogP contribution in [-0.4, -0.2) is 29.5 Å². The summed E-state index contributed by atoms with van der Waals surface area (Å²) in [7, 11) is -4.01. The van der Waals surface area contributed by atoms with Crippen molar-refractivity contribution in [3.63, 3.8) is 0 Å². The molecule has 0 saturated heterocycles. The predicted molar refractivity (Wildman–Crippen MR) is 126 cm³/mol. The lowest BCUT2D eigenvalue weighted by Crippen LogP contribution is -2.26. The van der Waals surface area contributed by atoms with E-state index in [4.69, 9.17) is 11.6 Å². The van der Waals surface area contributed by atoms with Crippen molar-refractivity contribution < 1.29 is 13.2 Å². The Kier molecular flexibility index (Phi) is 7.43. The van der Waals surface area contributed by atoms with Crippen molar-refractivity contribution in [2.75, 3.05) is 5.32 Å². The molecule has 1 aromatic heterocycles. The van der Waals surface area contributed by atoms with E-state index >= 15 is 0 Å². The first kappa shape index (κ1) is 24.0. The van der Waals surface area contributed by atoms with Gasteiger partial charge in [-0.3, -0.25) is 9.59 Å². The number of anilines is 1. The van der Waals surface area contributed by atoms with Gasteiger partial charge >= 0.3 is 0 Å². The molecule has 0 aliphatic rings. The van der Waals surface area contributed by atoms with E-state index in [-0.39, 0.29) is 16.0 Å². The molecule has 2 N–H and O–H groups in total. The number of aromatic nitrogens is 2. The van der Waals surface area contributed by atoms with E-state index in [0.717, 1.165) is 29.1 Å². The maximum absolute atomic E-state index is 12.8. The highest BCUT2D eigenvalue weighted by molar-refractivity contribution is 8.00. The number of thioether (sulfide) groups is 1. The monoisotopic (exact) mass is 491 g/mol. The Morgan fingerprint density at radius 1 is 1.19 bits per heavy atom. The zero-order valence-corrected chi connectivity index (χ0v) is 20.1. The van der Waals surface area contributed by atoms with Gasteiger partial charge in [0.05, 0.1) is 16.3 Å². The second-order valence-corrected chi connectivity index (χ2v) is 10.7. The number of nitrogens with zero attached hydrogens (tertiary/aromatic N) is 1. The highest BCUT2D eigenvalue weighted by Gasteiger charge is 2.24. The lowest BCUT2D eigenvalue weighted by atomic mass is 10.2. The van der Waals surface area contributed by atoms with Crippen LogP contribution in [0.2, 0.25) is 5.02 Å². The summed E-state index contributed by atoms with van der Waals surface area (Å²) in [4.78, 5) is 31.4. The van der Waals surface area contributed by atoms with Crippen LogP contribution in [0.1, 0.15) is 24.5 Å². The SMILES string of the molecule is CCC(Sc1ncc(S(=O)(=O)c2ccc(C)cc2)c(=O)[nH]1)C(=O)Nc1cc(Cl)ccc1C. The molecule has 168 valence electrons. The summed E-state index contributed by atoms with van der Waals surface area (Å²) in [5, 5.41) is 2.94. The number of aryl methyl sites for hydroxylation is 2. The van der Waals surface area contributed by atoms with Crippen molar-refractivity contribution in [1.82, 2.24) is 9.97 Å². The molecule has 0 aliphatic heterocycles. The summed E-state index contributed by atoms with van der Waals surface area (Å²) >= 11 is 7.06. The number of H-pyrrole nitrogens is 1. The van der Waals surface area contributed by atoms with Crippen molar-refractivity contribution in [2.45, 2.75) is 47.4 Å². The molecule has 0 bridgehead atoms. The maximum atomic E-state index is 12.8. The van der Waals surface area contributed by atoms with Gasteiger partial charge in [0.1, 0.15) is 0 Å². The van der Waals surface area contributed by atoms with Crippen LogP contribution in [0.25, 0.3) is 0 Å². The first-order chi connectivity index (χ1) is 15.1. The Morgan fingerprint density at radius 3 is 2.50 bits per heavy atom. The number of nitrogens with one attached hydrogen (secondary N) is 2. The molecule has 0 aliphatic carbocycles. The largest absolute Gasteiger partial charge is 0.325 e. The molecule has 0 saturated carbocycles. The fourth-order valence-corrected chi connectivity index (χ4v) is 5.14. The van der Waals surface area contributed by atoms with Crippen LogP contribution in [0.3, 0.4) is 0 Å². The first-order valence-corrected chi connectivity index (χ1v) is 12.5. The second kappa shape index (κ2) is 9.89. The fraction of sp³-hybridized carbons (Fsp3) is 0.227. The Morgan fingerprint density at radius 2 is 1.88 bits per heavy atom. The van der Waals surface area contributed by atoms with E-state index in [9.17, 15) is 18.0 Å². The molecule has 1 unspecified atom stereocenters. The molecular formula is C22H22ClN3O4S2. The molecule has 1 amide bonds. The summed E-state index contributed by atoms with van der Waals surface area (Å²) < 4.78 is 25.6. The molecule has 3 rings (SSSR count). The summed E-state index contributed by atoms with van der Waals surface area (Å²) in [6.07, 6.45) is 1.49. The average molecular weight is 492 g/mol. The molecule has 2 aromatic carbocycles. The van der Waals surface area contributed by atoms with E-state index in [1.165, 1.54) is 12.1 Å². The highest BCUT2D eigenvalue weighted by atomic mass is 35.5. The van der Waals surface area contributed by atoms with E-state index in [1.807, 2.05) is 20.8 Å². The van der Waals surface area contributed by atoms with Crippen molar-refractivity contribution in [3.8, 4) is 0 Å². The molecule has 0 spiro atoms. The third-order valence-electron chi connectivity index (χ3n) is 4.74. The van der Waals surface area contributed by atoms with Crippen LogP contribution in [0.15, 0.2) is 68.4 Å². The summed E-state index contributed by atoms with van der Waals surface area (Å²) in [6, 6.07) is 11.4. The van der Waals surface area contributed by atoms with Crippen molar-refractivity contribution in [1.29, 1.82) is 0 Å². The van der Waals surface area contributed by atoms with Crippen molar-refractivity contribution in [3.05, 3.63) is 75.2 Å². The van der Waals surface area contributed by atoms with Gasteiger partial charge in [-0.25, -0.2) is 13.4 Å². The molecule has 32 heavy (non-hydrogen) atoms. The van der Waals surface area contributed by atoms with Gasteiger partial charge in [0.25, 0.3) is 5.56 Å². The van der Waals surface area contributed by atoms with Gasteiger partial charge < -0.3 is 10.3 Å². The minimum Gasteiger partial charge on any atom is -0.325 e. The molecule has 1 heterocycles. The van der Waals surface area contributed by atoms with Gasteiger partial charge in [0, 0.05) is 10.7 Å². The molecule has 0 radical (unpaired) electrons. The van der Waals surface area contributed by atoms with Gasteiger partial charge in [-0.15, -0.1) is 0 Å². The number of benzene rings is 2. The minimum atomic E-state index is -4.01.